The summed E-state index contributed by atoms with van der Waals surface area (Å²) in [6.45, 7) is 0. The Bertz CT molecular complexity index is 279. The van der Waals surface area contributed by atoms with Crippen molar-refractivity contribution in [1.82, 2.24) is 9.55 Å². The summed E-state index contributed by atoms with van der Waals surface area (Å²) in [6.07, 6.45) is 3.59. The quantitative estimate of drug-likeness (QED) is 0.477. The van der Waals surface area contributed by atoms with Gasteiger partial charge in [0.2, 0.25) is 0 Å². The molecule has 1 rings (SSSR count). The van der Waals surface area contributed by atoms with E-state index in [-0.39, 0.29) is 0 Å². The van der Waals surface area contributed by atoms with Crippen LogP contribution in [0.1, 0.15) is 0 Å². The minimum absolute atomic E-state index is 0.486. The first-order chi connectivity index (χ1) is 4.74. The van der Waals surface area contributed by atoms with Crippen LogP contribution in [-0.4, -0.2) is 15.8 Å². The summed E-state index contributed by atoms with van der Waals surface area (Å²) in [7, 11) is 1.80. The molecular weight excluding hydrogens is 146 g/mol. The predicted molar refractivity (Wildman–Crippen MR) is 40.8 cm³/mol. The van der Waals surface area contributed by atoms with Crippen molar-refractivity contribution in [3.05, 3.63) is 17.9 Å². The number of rotatable bonds is 1. The van der Waals surface area contributed by atoms with E-state index < -0.39 is 0 Å². The van der Waals surface area contributed by atoms with Crippen LogP contribution in [0.4, 0.5) is 0 Å². The Hall–Kier alpha value is -0.770. The van der Waals surface area contributed by atoms with Gasteiger partial charge in [0.1, 0.15) is 10.5 Å². The third-order valence-electron chi connectivity index (χ3n) is 1.21. The van der Waals surface area contributed by atoms with Gasteiger partial charge in [-0.3, -0.25) is 5.41 Å². The van der Waals surface area contributed by atoms with Gasteiger partial charge in [-0.15, -0.1) is 11.8 Å². The van der Waals surface area contributed by atoms with Crippen molar-refractivity contribution in [3.8, 4) is 0 Å². The Morgan fingerprint density at radius 1 is 1.70 bits per heavy atom. The van der Waals surface area contributed by atoms with E-state index in [9.17, 15) is 0 Å². The van der Waals surface area contributed by atoms with E-state index in [0.717, 1.165) is 5.03 Å². The number of hydrogen-bond donors (Lipinski definition) is 1. The van der Waals surface area contributed by atoms with Gasteiger partial charge in [-0.25, -0.2) is 4.98 Å². The van der Waals surface area contributed by atoms with Crippen LogP contribution in [0.3, 0.4) is 0 Å². The molecule has 4 heteroatoms. The molecule has 1 aromatic rings. The van der Waals surface area contributed by atoms with Crippen LogP contribution in [-0.2, 0) is 7.05 Å². The smallest absolute Gasteiger partial charge is 0.128 e. The van der Waals surface area contributed by atoms with Gasteiger partial charge in [-0.2, -0.15) is 0 Å². The molecule has 0 atom stereocenters. The normalized spacial score (nSPS) is 9.80. The van der Waals surface area contributed by atoms with Crippen molar-refractivity contribution >= 4 is 11.8 Å². The molecule has 3 nitrogen and oxygen atoms in total. The van der Waals surface area contributed by atoms with Gasteiger partial charge in [0.25, 0.3) is 0 Å². The summed E-state index contributed by atoms with van der Waals surface area (Å²) >= 11 is 1.55. The lowest BCUT2D eigenvalue weighted by molar-refractivity contribution is 0.763. The Kier molecular flexibility index (Phi) is 2.11. The highest BCUT2D eigenvalue weighted by Crippen LogP contribution is 2.05. The van der Waals surface area contributed by atoms with Crippen molar-refractivity contribution < 1.29 is 0 Å². The molecule has 0 spiro atoms. The van der Waals surface area contributed by atoms with Crippen LogP contribution in [0.25, 0.3) is 0 Å². The van der Waals surface area contributed by atoms with E-state index in [1.54, 1.807) is 35.8 Å². The van der Waals surface area contributed by atoms with E-state index in [2.05, 4.69) is 4.98 Å². The van der Waals surface area contributed by atoms with Crippen molar-refractivity contribution in [1.29, 1.82) is 5.41 Å². The second kappa shape index (κ2) is 2.88. The molecule has 0 aromatic carbocycles. The summed E-state index contributed by atoms with van der Waals surface area (Å²) in [4.78, 5) is 4.06. The summed E-state index contributed by atoms with van der Waals surface area (Å²) < 4.78 is 1.67. The lowest BCUT2D eigenvalue weighted by atomic mass is 10.6. The van der Waals surface area contributed by atoms with Crippen LogP contribution in [0.5, 0.6) is 0 Å². The molecule has 0 bridgehead atoms. The molecule has 0 aliphatic heterocycles. The number of thioether (sulfide) groups is 1. The van der Waals surface area contributed by atoms with E-state index in [4.69, 9.17) is 5.41 Å². The van der Waals surface area contributed by atoms with E-state index in [1.807, 2.05) is 6.26 Å². The Balaban J connectivity index is 3.17. The lowest BCUT2D eigenvalue weighted by Crippen LogP contribution is -2.15. The molecule has 10 heavy (non-hydrogen) atoms. The molecule has 0 aliphatic rings. The van der Waals surface area contributed by atoms with Crippen molar-refractivity contribution in [2.45, 2.75) is 5.03 Å². The maximum absolute atomic E-state index is 7.37. The zero-order chi connectivity index (χ0) is 7.56. The lowest BCUT2D eigenvalue weighted by Gasteiger charge is -1.97. The monoisotopic (exact) mass is 155 g/mol. The van der Waals surface area contributed by atoms with Gasteiger partial charge in [0, 0.05) is 13.1 Å². The SMILES string of the molecule is CSc1cc(=N)n(C)cn1. The number of aryl methyl sites for hydroxylation is 1. The molecule has 0 unspecified atom stereocenters. The predicted octanol–water partition coefficient (Wildman–Crippen LogP) is 0.621. The largest absolute Gasteiger partial charge is 0.321 e. The maximum Gasteiger partial charge on any atom is 0.128 e. The van der Waals surface area contributed by atoms with E-state index in [1.165, 1.54) is 0 Å². The summed E-state index contributed by atoms with van der Waals surface area (Å²) in [5.74, 6) is 0. The number of hydrogen-bond acceptors (Lipinski definition) is 3. The molecule has 0 saturated carbocycles. The van der Waals surface area contributed by atoms with Gasteiger partial charge < -0.3 is 4.57 Å². The molecule has 1 heterocycles. The Morgan fingerprint density at radius 3 is 2.90 bits per heavy atom. The second-order valence-electron chi connectivity index (χ2n) is 1.93. The highest BCUT2D eigenvalue weighted by molar-refractivity contribution is 7.98. The third kappa shape index (κ3) is 1.39. The molecule has 0 fully saturated rings. The fourth-order valence-electron chi connectivity index (χ4n) is 0.573. The van der Waals surface area contributed by atoms with Gasteiger partial charge in [-0.1, -0.05) is 0 Å². The minimum Gasteiger partial charge on any atom is -0.321 e. The first-order valence-corrected chi connectivity index (χ1v) is 4.08. The van der Waals surface area contributed by atoms with Crippen LogP contribution in [0, 0.1) is 5.41 Å². The molecule has 0 amide bonds. The molecule has 0 radical (unpaired) electrons. The molecule has 0 aliphatic carbocycles. The van der Waals surface area contributed by atoms with Crippen molar-refractivity contribution in [2.75, 3.05) is 6.26 Å². The number of aromatic nitrogens is 2. The average Bonchev–Trinajstić information content (AvgIpc) is 1.95. The van der Waals surface area contributed by atoms with Crippen LogP contribution in [0.15, 0.2) is 17.4 Å². The zero-order valence-electron chi connectivity index (χ0n) is 5.96. The number of nitrogens with one attached hydrogen (secondary N) is 1. The van der Waals surface area contributed by atoms with Gasteiger partial charge in [-0.05, 0) is 6.26 Å². The summed E-state index contributed by atoms with van der Waals surface area (Å²) in [6, 6.07) is 1.74. The molecule has 1 aromatic heterocycles. The highest BCUT2D eigenvalue weighted by Gasteiger charge is 1.90. The molecule has 1 N–H and O–H groups in total. The first-order valence-electron chi connectivity index (χ1n) is 2.85. The summed E-state index contributed by atoms with van der Waals surface area (Å²) in [5.41, 5.74) is 0.486. The minimum atomic E-state index is 0.486. The van der Waals surface area contributed by atoms with Gasteiger partial charge >= 0.3 is 0 Å². The Labute approximate surface area is 63.6 Å². The standard InChI is InChI=1S/C6H9N3S/c1-9-4-8-6(10-2)3-5(9)7/h3-4,7H,1-2H3. The molecular formula is C6H9N3S. The topological polar surface area (TPSA) is 41.7 Å². The van der Waals surface area contributed by atoms with E-state index in [0.29, 0.717) is 5.49 Å². The fourth-order valence-corrected chi connectivity index (χ4v) is 0.955. The fraction of sp³-hybridized carbons (Fsp3) is 0.333. The van der Waals surface area contributed by atoms with Crippen molar-refractivity contribution in [2.24, 2.45) is 7.05 Å². The van der Waals surface area contributed by atoms with Gasteiger partial charge in [0.15, 0.2) is 0 Å². The first kappa shape index (κ1) is 7.34. The molecule has 54 valence electrons. The van der Waals surface area contributed by atoms with Crippen LogP contribution in [0.2, 0.25) is 0 Å². The molecule has 0 saturated heterocycles. The second-order valence-corrected chi connectivity index (χ2v) is 2.75. The number of nitrogens with zero attached hydrogens (tertiary/aromatic N) is 2. The maximum atomic E-state index is 7.37. The van der Waals surface area contributed by atoms with Crippen molar-refractivity contribution in [3.63, 3.8) is 0 Å². The van der Waals surface area contributed by atoms with E-state index >= 15 is 0 Å². The summed E-state index contributed by atoms with van der Waals surface area (Å²) in [5, 5.41) is 8.27. The third-order valence-corrected chi connectivity index (χ3v) is 1.85. The van der Waals surface area contributed by atoms with Gasteiger partial charge in [0.05, 0.1) is 6.33 Å². The highest BCUT2D eigenvalue weighted by atomic mass is 32.2. The zero-order valence-corrected chi connectivity index (χ0v) is 6.77. The van der Waals surface area contributed by atoms with Crippen LogP contribution < -0.4 is 5.49 Å². The van der Waals surface area contributed by atoms with Crippen LogP contribution >= 0.6 is 11.8 Å². The Morgan fingerprint density at radius 2 is 2.40 bits per heavy atom. The average molecular weight is 155 g/mol.